The van der Waals surface area contributed by atoms with E-state index in [-0.39, 0.29) is 18.0 Å². The van der Waals surface area contributed by atoms with E-state index in [2.05, 4.69) is 78.3 Å². The van der Waals surface area contributed by atoms with Gasteiger partial charge in [0.05, 0.1) is 6.04 Å². The quantitative estimate of drug-likeness (QED) is 0.780. The first kappa shape index (κ1) is 19.9. The Labute approximate surface area is 174 Å². The molecule has 2 aromatic carbocycles. The number of rotatable bonds is 5. The van der Waals surface area contributed by atoms with Crippen LogP contribution in [-0.2, 0) is 11.2 Å². The third-order valence-electron chi connectivity index (χ3n) is 6.23. The highest BCUT2D eigenvalue weighted by Crippen LogP contribution is 2.32. The summed E-state index contributed by atoms with van der Waals surface area (Å²) in [5, 5.41) is 0. The molecule has 0 saturated carbocycles. The van der Waals surface area contributed by atoms with E-state index in [1.165, 1.54) is 11.1 Å². The maximum absolute atomic E-state index is 13.3. The van der Waals surface area contributed by atoms with E-state index in [1.54, 1.807) is 0 Å². The molecule has 0 bridgehead atoms. The summed E-state index contributed by atoms with van der Waals surface area (Å²) < 4.78 is 0. The van der Waals surface area contributed by atoms with Crippen molar-refractivity contribution in [3.05, 3.63) is 71.8 Å². The lowest BCUT2D eigenvalue weighted by atomic mass is 10.1. The first-order valence-corrected chi connectivity index (χ1v) is 10.7. The summed E-state index contributed by atoms with van der Waals surface area (Å²) >= 11 is 0. The molecule has 1 fully saturated rings. The van der Waals surface area contributed by atoms with Crippen molar-refractivity contribution in [2.75, 3.05) is 37.6 Å². The molecule has 0 aromatic heterocycles. The Hall–Kier alpha value is -2.43. The van der Waals surface area contributed by atoms with E-state index in [9.17, 15) is 4.79 Å². The van der Waals surface area contributed by atoms with Gasteiger partial charge in [0.15, 0.2) is 0 Å². The number of carbonyl (C=O) groups is 1. The van der Waals surface area contributed by atoms with Crippen molar-refractivity contribution < 1.29 is 4.79 Å². The van der Waals surface area contributed by atoms with Crippen molar-refractivity contribution in [2.45, 2.75) is 32.4 Å². The Morgan fingerprint density at radius 2 is 1.72 bits per heavy atom. The molecule has 2 atom stereocenters. The second-order valence-electron chi connectivity index (χ2n) is 8.22. The van der Waals surface area contributed by atoms with E-state index in [0.717, 1.165) is 44.8 Å². The van der Waals surface area contributed by atoms with Crippen molar-refractivity contribution in [2.24, 2.45) is 0 Å². The molecule has 2 aliphatic heterocycles. The van der Waals surface area contributed by atoms with Gasteiger partial charge in [0.2, 0.25) is 5.91 Å². The summed E-state index contributed by atoms with van der Waals surface area (Å²) in [6.45, 7) is 9.07. The second kappa shape index (κ2) is 8.93. The van der Waals surface area contributed by atoms with E-state index in [4.69, 9.17) is 0 Å². The van der Waals surface area contributed by atoms with Gasteiger partial charge in [-0.1, -0.05) is 60.7 Å². The number of nitrogens with zero attached hydrogens (tertiary/aromatic N) is 3. The fourth-order valence-corrected chi connectivity index (χ4v) is 4.49. The normalized spacial score (nSPS) is 21.4. The van der Waals surface area contributed by atoms with Crippen LogP contribution in [0.4, 0.5) is 5.69 Å². The third-order valence-corrected chi connectivity index (χ3v) is 6.23. The predicted octanol–water partition coefficient (Wildman–Crippen LogP) is 3.68. The minimum Gasteiger partial charge on any atom is -0.308 e. The van der Waals surface area contributed by atoms with Crippen LogP contribution in [0.1, 0.15) is 25.0 Å². The van der Waals surface area contributed by atoms with Gasteiger partial charge < -0.3 is 4.90 Å². The monoisotopic (exact) mass is 389 g/mol. The van der Waals surface area contributed by atoms with Crippen LogP contribution in [0.5, 0.6) is 0 Å². The van der Waals surface area contributed by atoms with E-state index in [0.29, 0.717) is 0 Å². The summed E-state index contributed by atoms with van der Waals surface area (Å²) in [5.74, 6) is 0.236. The Balaban J connectivity index is 1.30. The zero-order chi connectivity index (χ0) is 20.2. The number of hydrogen-bond donors (Lipinski definition) is 0. The molecule has 2 heterocycles. The molecule has 2 aromatic rings. The van der Waals surface area contributed by atoms with Crippen LogP contribution in [0.25, 0.3) is 6.08 Å². The lowest BCUT2D eigenvalue weighted by molar-refractivity contribution is -0.124. The lowest BCUT2D eigenvalue weighted by Gasteiger charge is -2.38. The molecule has 0 unspecified atom stereocenters. The van der Waals surface area contributed by atoms with Gasteiger partial charge in [-0.2, -0.15) is 0 Å². The van der Waals surface area contributed by atoms with Crippen LogP contribution in [0.3, 0.4) is 0 Å². The van der Waals surface area contributed by atoms with Gasteiger partial charge in [0.25, 0.3) is 0 Å². The fourth-order valence-electron chi connectivity index (χ4n) is 4.49. The summed E-state index contributed by atoms with van der Waals surface area (Å²) in [5.41, 5.74) is 3.63. The number of benzene rings is 2. The third kappa shape index (κ3) is 4.44. The average molecular weight is 390 g/mol. The van der Waals surface area contributed by atoms with Crippen molar-refractivity contribution in [3.63, 3.8) is 0 Å². The smallest absolute Gasteiger partial charge is 0.244 e. The molecule has 29 heavy (non-hydrogen) atoms. The summed E-state index contributed by atoms with van der Waals surface area (Å²) in [7, 11) is 0. The topological polar surface area (TPSA) is 26.8 Å². The molecular formula is C25H31N3O. The standard InChI is InChI=1S/C25H31N3O/c1-20-19-23-12-6-7-13-24(23)28(20)25(29)21(2)27-17-15-26(16-18-27)14-8-11-22-9-4-3-5-10-22/h3-13,20-21H,14-19H2,1-2H3/b11-8+/t20-,21-/m0/s1. The van der Waals surface area contributed by atoms with E-state index < -0.39 is 0 Å². The highest BCUT2D eigenvalue weighted by Gasteiger charge is 2.35. The molecule has 0 N–H and O–H groups in total. The van der Waals surface area contributed by atoms with Gasteiger partial charge >= 0.3 is 0 Å². The average Bonchev–Trinajstić information content (AvgIpc) is 3.09. The Morgan fingerprint density at radius 1 is 1.03 bits per heavy atom. The van der Waals surface area contributed by atoms with Crippen LogP contribution in [-0.4, -0.2) is 60.5 Å². The Morgan fingerprint density at radius 3 is 2.48 bits per heavy atom. The molecule has 0 radical (unpaired) electrons. The SMILES string of the molecule is C[C@@H](C(=O)N1c2ccccc2C[C@@H]1C)N1CCN(C/C=C/c2ccccc2)CC1. The largest absolute Gasteiger partial charge is 0.308 e. The molecule has 0 spiro atoms. The summed E-state index contributed by atoms with van der Waals surface area (Å²) in [4.78, 5) is 20.1. The van der Waals surface area contributed by atoms with Crippen molar-refractivity contribution in [1.29, 1.82) is 0 Å². The molecule has 4 heteroatoms. The van der Waals surface area contributed by atoms with Crippen molar-refractivity contribution >= 4 is 17.7 Å². The highest BCUT2D eigenvalue weighted by molar-refractivity contribution is 5.99. The van der Waals surface area contributed by atoms with Gasteiger partial charge in [-0.05, 0) is 37.5 Å². The fraction of sp³-hybridized carbons (Fsp3) is 0.400. The Kier molecular flexibility index (Phi) is 6.12. The second-order valence-corrected chi connectivity index (χ2v) is 8.22. The number of hydrogen-bond acceptors (Lipinski definition) is 3. The maximum atomic E-state index is 13.3. The van der Waals surface area contributed by atoms with Crippen LogP contribution < -0.4 is 4.90 Å². The van der Waals surface area contributed by atoms with Crippen LogP contribution in [0.2, 0.25) is 0 Å². The molecule has 0 aliphatic carbocycles. The molecule has 4 rings (SSSR count). The van der Waals surface area contributed by atoms with Gasteiger partial charge in [-0.3, -0.25) is 14.6 Å². The molecule has 1 saturated heterocycles. The number of carbonyl (C=O) groups excluding carboxylic acids is 1. The van der Waals surface area contributed by atoms with Crippen LogP contribution >= 0.6 is 0 Å². The van der Waals surface area contributed by atoms with Crippen LogP contribution in [0, 0.1) is 0 Å². The van der Waals surface area contributed by atoms with E-state index >= 15 is 0 Å². The zero-order valence-electron chi connectivity index (χ0n) is 17.5. The van der Waals surface area contributed by atoms with Crippen molar-refractivity contribution in [1.82, 2.24) is 9.80 Å². The molecular weight excluding hydrogens is 358 g/mol. The first-order valence-electron chi connectivity index (χ1n) is 10.7. The number of amides is 1. The number of para-hydroxylation sites is 1. The summed E-state index contributed by atoms with van der Waals surface area (Å²) in [6.07, 6.45) is 5.38. The number of fused-ring (bicyclic) bond motifs is 1. The number of piperazine rings is 1. The molecule has 2 aliphatic rings. The van der Waals surface area contributed by atoms with Gasteiger partial charge in [-0.25, -0.2) is 0 Å². The van der Waals surface area contributed by atoms with Gasteiger partial charge in [0, 0.05) is 44.5 Å². The maximum Gasteiger partial charge on any atom is 0.244 e. The minimum atomic E-state index is -0.0781. The van der Waals surface area contributed by atoms with Gasteiger partial charge in [-0.15, -0.1) is 0 Å². The first-order chi connectivity index (χ1) is 14.1. The Bertz CT molecular complexity index is 855. The molecule has 1 amide bonds. The predicted molar refractivity (Wildman–Crippen MR) is 120 cm³/mol. The zero-order valence-corrected chi connectivity index (χ0v) is 17.5. The number of anilines is 1. The van der Waals surface area contributed by atoms with E-state index in [1.807, 2.05) is 17.0 Å². The molecule has 152 valence electrons. The molecule has 4 nitrogen and oxygen atoms in total. The van der Waals surface area contributed by atoms with Gasteiger partial charge in [0.1, 0.15) is 0 Å². The van der Waals surface area contributed by atoms with Crippen LogP contribution in [0.15, 0.2) is 60.7 Å². The highest BCUT2D eigenvalue weighted by atomic mass is 16.2. The van der Waals surface area contributed by atoms with Crippen molar-refractivity contribution in [3.8, 4) is 0 Å². The summed E-state index contributed by atoms with van der Waals surface area (Å²) in [6, 6.07) is 18.9. The lowest BCUT2D eigenvalue weighted by Crippen LogP contribution is -2.55. The minimum absolute atomic E-state index is 0.0781.